The van der Waals surface area contributed by atoms with Crippen LogP contribution in [0.25, 0.3) is 16.5 Å². The van der Waals surface area contributed by atoms with Crippen LogP contribution in [-0.2, 0) is 23.1 Å². The lowest BCUT2D eigenvalue weighted by atomic mass is 10.1. The molecule has 0 unspecified atom stereocenters. The number of fused-ring (bicyclic) bond motifs is 1. The van der Waals surface area contributed by atoms with E-state index in [9.17, 15) is 14.7 Å². The molecule has 0 bridgehead atoms. The number of hydrogen-bond donors (Lipinski definition) is 1. The first-order valence-electron chi connectivity index (χ1n) is 10.1. The highest BCUT2D eigenvalue weighted by Gasteiger charge is 2.38. The first-order valence-corrected chi connectivity index (χ1v) is 10.1. The van der Waals surface area contributed by atoms with Gasteiger partial charge >= 0.3 is 0 Å². The predicted molar refractivity (Wildman–Crippen MR) is 115 cm³/mol. The SMILES string of the molecule is CCCOc1ccc(C2=C(O)C(=O)N(CCc3cn(C)c4ccccc34)C2=O)cc1. The molecule has 4 rings (SSSR count). The van der Waals surface area contributed by atoms with Gasteiger partial charge in [-0.15, -0.1) is 0 Å². The number of para-hydroxylation sites is 1. The number of nitrogens with zero attached hydrogens (tertiary/aromatic N) is 2. The third-order valence-corrected chi connectivity index (χ3v) is 5.34. The number of benzene rings is 2. The fourth-order valence-corrected chi connectivity index (χ4v) is 3.82. The number of carbonyl (C=O) groups is 2. The first-order chi connectivity index (χ1) is 14.5. The minimum Gasteiger partial charge on any atom is -0.502 e. The quantitative estimate of drug-likeness (QED) is 0.607. The van der Waals surface area contributed by atoms with Crippen LogP contribution in [0, 0.1) is 0 Å². The van der Waals surface area contributed by atoms with Crippen LogP contribution >= 0.6 is 0 Å². The number of imide groups is 1. The summed E-state index contributed by atoms with van der Waals surface area (Å²) in [6, 6.07) is 14.9. The van der Waals surface area contributed by atoms with Gasteiger partial charge < -0.3 is 14.4 Å². The van der Waals surface area contributed by atoms with Crippen LogP contribution in [0.2, 0.25) is 0 Å². The topological polar surface area (TPSA) is 71.8 Å². The molecule has 0 spiro atoms. The van der Waals surface area contributed by atoms with E-state index in [0.717, 1.165) is 27.8 Å². The van der Waals surface area contributed by atoms with Gasteiger partial charge in [-0.05, 0) is 42.2 Å². The molecule has 0 radical (unpaired) electrons. The van der Waals surface area contributed by atoms with Gasteiger partial charge in [0.25, 0.3) is 11.8 Å². The highest BCUT2D eigenvalue weighted by molar-refractivity contribution is 6.34. The second-order valence-electron chi connectivity index (χ2n) is 7.39. The molecule has 154 valence electrons. The van der Waals surface area contributed by atoms with E-state index in [4.69, 9.17) is 4.74 Å². The van der Waals surface area contributed by atoms with Crippen LogP contribution in [0.5, 0.6) is 5.75 Å². The molecule has 1 N–H and O–H groups in total. The van der Waals surface area contributed by atoms with Gasteiger partial charge in [-0.2, -0.15) is 0 Å². The maximum Gasteiger partial charge on any atom is 0.296 e. The third-order valence-electron chi connectivity index (χ3n) is 5.34. The summed E-state index contributed by atoms with van der Waals surface area (Å²) in [6.45, 7) is 2.83. The van der Waals surface area contributed by atoms with E-state index in [2.05, 4.69) is 0 Å². The van der Waals surface area contributed by atoms with Gasteiger partial charge in [-0.1, -0.05) is 37.3 Å². The highest BCUT2D eigenvalue weighted by atomic mass is 16.5. The molecule has 2 heterocycles. The molecule has 3 aromatic rings. The second-order valence-corrected chi connectivity index (χ2v) is 7.39. The average Bonchev–Trinajstić information content (AvgIpc) is 3.19. The molecule has 1 aliphatic heterocycles. The Bertz CT molecular complexity index is 1140. The predicted octanol–water partition coefficient (Wildman–Crippen LogP) is 3.85. The van der Waals surface area contributed by atoms with Crippen molar-refractivity contribution in [3.8, 4) is 5.75 Å². The van der Waals surface area contributed by atoms with Crippen molar-refractivity contribution >= 4 is 28.3 Å². The van der Waals surface area contributed by atoms with Crippen molar-refractivity contribution in [2.45, 2.75) is 19.8 Å². The summed E-state index contributed by atoms with van der Waals surface area (Å²) in [4.78, 5) is 26.6. The Labute approximate surface area is 175 Å². The lowest BCUT2D eigenvalue weighted by Gasteiger charge is -2.14. The Morgan fingerprint density at radius 2 is 1.73 bits per heavy atom. The van der Waals surface area contributed by atoms with Gasteiger partial charge in [0.1, 0.15) is 5.75 Å². The molecule has 1 aliphatic rings. The Balaban J connectivity index is 1.51. The maximum atomic E-state index is 12.9. The first kappa shape index (κ1) is 19.8. The number of carbonyl (C=O) groups excluding carboxylic acids is 2. The van der Waals surface area contributed by atoms with E-state index in [1.54, 1.807) is 24.3 Å². The van der Waals surface area contributed by atoms with Crippen LogP contribution in [0.4, 0.5) is 0 Å². The van der Waals surface area contributed by atoms with E-state index in [1.165, 1.54) is 0 Å². The zero-order valence-electron chi connectivity index (χ0n) is 17.1. The van der Waals surface area contributed by atoms with Crippen LogP contribution in [0.15, 0.2) is 60.5 Å². The molecule has 0 aliphatic carbocycles. The van der Waals surface area contributed by atoms with Gasteiger partial charge in [0.05, 0.1) is 12.2 Å². The highest BCUT2D eigenvalue weighted by Crippen LogP contribution is 2.30. The van der Waals surface area contributed by atoms with Gasteiger partial charge in [0.2, 0.25) is 0 Å². The van der Waals surface area contributed by atoms with Crippen molar-refractivity contribution in [3.05, 3.63) is 71.6 Å². The number of aromatic nitrogens is 1. The van der Waals surface area contributed by atoms with Crippen LogP contribution in [0.3, 0.4) is 0 Å². The fourth-order valence-electron chi connectivity index (χ4n) is 3.82. The smallest absolute Gasteiger partial charge is 0.296 e. The number of ether oxygens (including phenoxy) is 1. The summed E-state index contributed by atoms with van der Waals surface area (Å²) in [7, 11) is 1.97. The van der Waals surface area contributed by atoms with Crippen LogP contribution in [-0.4, -0.2) is 39.5 Å². The van der Waals surface area contributed by atoms with Gasteiger partial charge in [-0.3, -0.25) is 14.5 Å². The molecule has 0 fully saturated rings. The molecule has 2 amide bonds. The number of aryl methyl sites for hydroxylation is 1. The van der Waals surface area contributed by atoms with Crippen LogP contribution < -0.4 is 4.74 Å². The number of amides is 2. The molecule has 30 heavy (non-hydrogen) atoms. The number of aliphatic hydroxyl groups is 1. The normalized spacial score (nSPS) is 14.3. The number of hydrogen-bond acceptors (Lipinski definition) is 4. The van der Waals surface area contributed by atoms with Gasteiger partial charge in [0, 0.05) is 30.7 Å². The Hall–Kier alpha value is -3.54. The Morgan fingerprint density at radius 1 is 1.00 bits per heavy atom. The molecule has 1 aromatic heterocycles. The molecule has 0 saturated heterocycles. The van der Waals surface area contributed by atoms with Crippen molar-refractivity contribution < 1.29 is 19.4 Å². The molecule has 6 nitrogen and oxygen atoms in total. The largest absolute Gasteiger partial charge is 0.502 e. The summed E-state index contributed by atoms with van der Waals surface area (Å²) in [5, 5.41) is 11.5. The van der Waals surface area contributed by atoms with Crippen molar-refractivity contribution in [1.29, 1.82) is 0 Å². The molecule has 2 aromatic carbocycles. The monoisotopic (exact) mass is 404 g/mol. The van der Waals surface area contributed by atoms with E-state index >= 15 is 0 Å². The minimum absolute atomic E-state index is 0.0416. The fraction of sp³-hybridized carbons (Fsp3) is 0.250. The molecule has 0 saturated carbocycles. The Kier molecular flexibility index (Phi) is 5.31. The zero-order chi connectivity index (χ0) is 21.3. The Morgan fingerprint density at radius 3 is 2.47 bits per heavy atom. The second kappa shape index (κ2) is 8.06. The molecule has 0 atom stereocenters. The number of rotatable bonds is 7. The van der Waals surface area contributed by atoms with Crippen molar-refractivity contribution in [3.63, 3.8) is 0 Å². The summed E-state index contributed by atoms with van der Waals surface area (Å²) < 4.78 is 7.58. The van der Waals surface area contributed by atoms with Crippen molar-refractivity contribution in [2.75, 3.05) is 13.2 Å². The van der Waals surface area contributed by atoms with Gasteiger partial charge in [-0.25, -0.2) is 0 Å². The number of aliphatic hydroxyl groups excluding tert-OH is 1. The van der Waals surface area contributed by atoms with Gasteiger partial charge in [0.15, 0.2) is 5.76 Å². The summed E-state index contributed by atoms with van der Waals surface area (Å²) in [5.41, 5.74) is 2.69. The maximum absolute atomic E-state index is 12.9. The standard InChI is InChI=1S/C24H24N2O4/c1-3-14-30-18-10-8-16(9-11-18)21-22(27)24(29)26(23(21)28)13-12-17-15-25(2)20-7-5-4-6-19(17)20/h4-11,15,27H,3,12-14H2,1-2H3. The van der Waals surface area contributed by atoms with E-state index in [0.29, 0.717) is 24.3 Å². The minimum atomic E-state index is -0.651. The molecular formula is C24H24N2O4. The molecular weight excluding hydrogens is 380 g/mol. The average molecular weight is 404 g/mol. The van der Waals surface area contributed by atoms with Crippen LogP contribution in [0.1, 0.15) is 24.5 Å². The lowest BCUT2D eigenvalue weighted by molar-refractivity contribution is -0.138. The summed E-state index contributed by atoms with van der Waals surface area (Å²) in [6.07, 6.45) is 3.43. The van der Waals surface area contributed by atoms with Crippen molar-refractivity contribution in [1.82, 2.24) is 9.47 Å². The van der Waals surface area contributed by atoms with E-state index in [1.807, 2.05) is 49.0 Å². The summed E-state index contributed by atoms with van der Waals surface area (Å²) >= 11 is 0. The summed E-state index contributed by atoms with van der Waals surface area (Å²) in [5.74, 6) is -0.938. The van der Waals surface area contributed by atoms with Crippen molar-refractivity contribution in [2.24, 2.45) is 7.05 Å². The lowest BCUT2D eigenvalue weighted by Crippen LogP contribution is -2.33. The third kappa shape index (κ3) is 3.45. The molecule has 6 heteroatoms. The van der Waals surface area contributed by atoms with E-state index < -0.39 is 17.6 Å². The van der Waals surface area contributed by atoms with E-state index in [-0.39, 0.29) is 12.1 Å². The zero-order valence-corrected chi connectivity index (χ0v) is 17.1.